The van der Waals surface area contributed by atoms with E-state index in [0.29, 0.717) is 31.4 Å². The van der Waals surface area contributed by atoms with E-state index in [1.807, 2.05) is 0 Å². The molecule has 170 valence electrons. The van der Waals surface area contributed by atoms with Crippen molar-refractivity contribution in [2.24, 2.45) is 5.92 Å². The van der Waals surface area contributed by atoms with Crippen LogP contribution in [0.25, 0.3) is 0 Å². The molecule has 0 spiro atoms. The summed E-state index contributed by atoms with van der Waals surface area (Å²) in [7, 11) is -3.58. The van der Waals surface area contributed by atoms with Crippen LogP contribution in [0.5, 0.6) is 0 Å². The molecule has 1 atom stereocenters. The molecule has 2 fully saturated rings. The molecule has 9 nitrogen and oxygen atoms in total. The second-order valence-electron chi connectivity index (χ2n) is 8.00. The number of unbranched alkanes of at least 4 members (excludes halogenated alkanes) is 2. The SMILES string of the molecule is C[C@@H](NS(=O)(=O)CCCCCN1CC(=O)NC1=O)c1ccc(F)c(NC(=O)C2CC2)c1. The average molecular weight is 455 g/mol. The van der Waals surface area contributed by atoms with Crippen molar-refractivity contribution in [3.05, 3.63) is 29.6 Å². The van der Waals surface area contributed by atoms with Crippen LogP contribution in [0.4, 0.5) is 14.9 Å². The van der Waals surface area contributed by atoms with Gasteiger partial charge in [0.05, 0.1) is 11.4 Å². The third-order valence-corrected chi connectivity index (χ3v) is 6.80. The van der Waals surface area contributed by atoms with Gasteiger partial charge in [-0.3, -0.25) is 14.9 Å². The topological polar surface area (TPSA) is 125 Å². The Labute approximate surface area is 180 Å². The van der Waals surface area contributed by atoms with Crippen LogP contribution in [0.2, 0.25) is 0 Å². The van der Waals surface area contributed by atoms with Gasteiger partial charge in [-0.2, -0.15) is 0 Å². The Kier molecular flexibility index (Phi) is 7.26. The second kappa shape index (κ2) is 9.73. The summed E-state index contributed by atoms with van der Waals surface area (Å²) in [5.41, 5.74) is 0.589. The Hall–Kier alpha value is -2.53. The molecule has 3 rings (SSSR count). The molecule has 1 aromatic rings. The third kappa shape index (κ3) is 6.73. The van der Waals surface area contributed by atoms with Crippen LogP contribution in [0.1, 0.15) is 50.6 Å². The highest BCUT2D eigenvalue weighted by Crippen LogP contribution is 2.31. The number of hydrogen-bond donors (Lipinski definition) is 3. The number of halogens is 1. The molecule has 0 bridgehead atoms. The summed E-state index contributed by atoms with van der Waals surface area (Å²) >= 11 is 0. The van der Waals surface area contributed by atoms with Crippen LogP contribution in [0.3, 0.4) is 0 Å². The number of nitrogens with zero attached hydrogens (tertiary/aromatic N) is 1. The smallest absolute Gasteiger partial charge is 0.323 e. The molecule has 1 aromatic carbocycles. The van der Waals surface area contributed by atoms with Crippen molar-refractivity contribution in [1.29, 1.82) is 0 Å². The minimum Gasteiger partial charge on any atom is -0.323 e. The number of rotatable bonds is 11. The Morgan fingerprint density at radius 1 is 1.26 bits per heavy atom. The molecule has 0 unspecified atom stereocenters. The fraction of sp³-hybridized carbons (Fsp3) is 0.550. The molecule has 31 heavy (non-hydrogen) atoms. The number of nitrogens with one attached hydrogen (secondary N) is 3. The number of imide groups is 1. The maximum Gasteiger partial charge on any atom is 0.324 e. The van der Waals surface area contributed by atoms with Gasteiger partial charge in [-0.25, -0.2) is 22.3 Å². The number of amides is 4. The quantitative estimate of drug-likeness (QED) is 0.348. The maximum absolute atomic E-state index is 14.0. The van der Waals surface area contributed by atoms with Crippen LogP contribution in [0, 0.1) is 11.7 Å². The number of hydrogen-bond acceptors (Lipinski definition) is 5. The molecule has 1 saturated carbocycles. The Morgan fingerprint density at radius 3 is 2.65 bits per heavy atom. The molecule has 2 aliphatic rings. The highest BCUT2D eigenvalue weighted by Gasteiger charge is 2.30. The van der Waals surface area contributed by atoms with E-state index in [9.17, 15) is 27.2 Å². The largest absolute Gasteiger partial charge is 0.324 e. The van der Waals surface area contributed by atoms with Crippen LogP contribution < -0.4 is 15.4 Å². The van der Waals surface area contributed by atoms with Crippen molar-refractivity contribution in [3.63, 3.8) is 0 Å². The molecule has 1 aliphatic carbocycles. The first kappa shape index (κ1) is 23.1. The van der Waals surface area contributed by atoms with Crippen molar-refractivity contribution < 1.29 is 27.2 Å². The summed E-state index contributed by atoms with van der Waals surface area (Å²) in [5, 5.41) is 4.75. The number of carbonyl (C=O) groups excluding carboxylic acids is 3. The molecule has 0 radical (unpaired) electrons. The van der Waals surface area contributed by atoms with E-state index in [1.54, 1.807) is 6.92 Å². The molecule has 11 heteroatoms. The molecular formula is C20H27FN4O5S. The lowest BCUT2D eigenvalue weighted by atomic mass is 10.1. The molecule has 1 saturated heterocycles. The Balaban J connectivity index is 1.45. The lowest BCUT2D eigenvalue weighted by Gasteiger charge is -2.17. The first-order valence-electron chi connectivity index (χ1n) is 10.3. The predicted molar refractivity (Wildman–Crippen MR) is 112 cm³/mol. The van der Waals surface area contributed by atoms with Gasteiger partial charge in [-0.05, 0) is 50.3 Å². The lowest BCUT2D eigenvalue weighted by molar-refractivity contribution is -0.118. The van der Waals surface area contributed by atoms with E-state index in [4.69, 9.17) is 0 Å². The van der Waals surface area contributed by atoms with Gasteiger partial charge < -0.3 is 10.2 Å². The normalized spacial score (nSPS) is 17.5. The Morgan fingerprint density at radius 2 is 2.00 bits per heavy atom. The first-order chi connectivity index (χ1) is 14.6. The molecule has 1 aliphatic heterocycles. The van der Waals surface area contributed by atoms with Gasteiger partial charge >= 0.3 is 6.03 Å². The average Bonchev–Trinajstić information content (AvgIpc) is 3.48. The zero-order chi connectivity index (χ0) is 22.6. The van der Waals surface area contributed by atoms with E-state index >= 15 is 0 Å². The summed E-state index contributed by atoms with van der Waals surface area (Å²) in [6.07, 6.45) is 3.17. The number of urea groups is 1. The van der Waals surface area contributed by atoms with Gasteiger partial charge in [0.15, 0.2) is 0 Å². The third-order valence-electron chi connectivity index (χ3n) is 5.26. The fourth-order valence-electron chi connectivity index (χ4n) is 3.32. The Bertz CT molecular complexity index is 964. The summed E-state index contributed by atoms with van der Waals surface area (Å²) in [5.74, 6) is -1.28. The number of sulfonamides is 1. The maximum atomic E-state index is 14.0. The van der Waals surface area contributed by atoms with Crippen LogP contribution in [-0.2, 0) is 19.6 Å². The van der Waals surface area contributed by atoms with Gasteiger partial charge in [-0.1, -0.05) is 12.5 Å². The summed E-state index contributed by atoms with van der Waals surface area (Å²) in [6.45, 7) is 2.09. The standard InChI is InChI=1S/C20H27FN4O5S/c1-13(15-7-8-16(21)17(11-15)22-19(27)14-5-6-14)24-31(29,30)10-4-2-3-9-25-12-18(26)23-20(25)28/h7-8,11,13-14,24H,2-6,9-10,12H2,1H3,(H,22,27)(H,23,26,28)/t13-/m1/s1. The molecule has 0 aromatic heterocycles. The van der Waals surface area contributed by atoms with Gasteiger partial charge in [0.1, 0.15) is 12.4 Å². The van der Waals surface area contributed by atoms with Crippen molar-refractivity contribution in [2.45, 2.75) is 45.1 Å². The van der Waals surface area contributed by atoms with Crippen molar-refractivity contribution in [3.8, 4) is 0 Å². The summed E-state index contributed by atoms with van der Waals surface area (Å²) in [6, 6.07) is 3.13. The van der Waals surface area contributed by atoms with Crippen LogP contribution in [0.15, 0.2) is 18.2 Å². The molecule has 4 amide bonds. The number of anilines is 1. The molecule has 3 N–H and O–H groups in total. The number of carbonyl (C=O) groups is 3. The van der Waals surface area contributed by atoms with Crippen molar-refractivity contribution in [1.82, 2.24) is 14.9 Å². The van der Waals surface area contributed by atoms with Gasteiger partial charge in [0.2, 0.25) is 21.8 Å². The summed E-state index contributed by atoms with van der Waals surface area (Å²) in [4.78, 5) is 35.9. The minimum atomic E-state index is -3.58. The van der Waals surface area contributed by atoms with E-state index in [1.165, 1.54) is 23.1 Å². The summed E-state index contributed by atoms with van der Waals surface area (Å²) < 4.78 is 41.3. The van der Waals surface area contributed by atoms with E-state index in [2.05, 4.69) is 15.4 Å². The highest BCUT2D eigenvalue weighted by molar-refractivity contribution is 7.89. The fourth-order valence-corrected chi connectivity index (χ4v) is 4.70. The van der Waals surface area contributed by atoms with Gasteiger partial charge in [0, 0.05) is 18.5 Å². The molecule has 1 heterocycles. The van der Waals surface area contributed by atoms with E-state index in [0.717, 1.165) is 12.8 Å². The number of benzene rings is 1. The zero-order valence-corrected chi connectivity index (χ0v) is 18.1. The lowest BCUT2D eigenvalue weighted by Crippen LogP contribution is -2.30. The van der Waals surface area contributed by atoms with Crippen LogP contribution in [-0.4, -0.2) is 50.0 Å². The van der Waals surface area contributed by atoms with Gasteiger partial charge in [-0.15, -0.1) is 0 Å². The van der Waals surface area contributed by atoms with Crippen LogP contribution >= 0.6 is 0 Å². The van der Waals surface area contributed by atoms with Crippen molar-refractivity contribution in [2.75, 3.05) is 24.2 Å². The van der Waals surface area contributed by atoms with Crippen molar-refractivity contribution >= 4 is 33.6 Å². The second-order valence-corrected chi connectivity index (χ2v) is 9.87. The predicted octanol–water partition coefficient (Wildman–Crippen LogP) is 1.88. The van der Waals surface area contributed by atoms with E-state index in [-0.39, 0.29) is 35.7 Å². The monoisotopic (exact) mass is 454 g/mol. The van der Waals surface area contributed by atoms with E-state index < -0.39 is 27.9 Å². The van der Waals surface area contributed by atoms with Gasteiger partial charge in [0.25, 0.3) is 0 Å². The zero-order valence-electron chi connectivity index (χ0n) is 17.3. The first-order valence-corrected chi connectivity index (χ1v) is 12.0. The minimum absolute atomic E-state index is 0.0387. The molecular weight excluding hydrogens is 427 g/mol. The highest BCUT2D eigenvalue weighted by atomic mass is 32.2.